The van der Waals surface area contributed by atoms with Crippen molar-refractivity contribution in [2.75, 3.05) is 20.8 Å². The van der Waals surface area contributed by atoms with Crippen molar-refractivity contribution in [3.05, 3.63) is 23.8 Å². The van der Waals surface area contributed by atoms with Gasteiger partial charge in [0.2, 0.25) is 0 Å². The maximum Gasteiger partial charge on any atom is 0.316 e. The maximum atomic E-state index is 11.8. The Morgan fingerprint density at radius 2 is 1.94 bits per heavy atom. The number of cyclic esters (lactones) is 1. The van der Waals surface area contributed by atoms with Crippen molar-refractivity contribution >= 4 is 5.97 Å². The Kier molecular flexibility index (Phi) is 2.96. The molecule has 0 radical (unpaired) electrons. The molecule has 1 fully saturated rings. The van der Waals surface area contributed by atoms with E-state index in [1.165, 1.54) is 0 Å². The molecule has 1 aromatic carbocycles. The van der Waals surface area contributed by atoms with E-state index in [4.69, 9.17) is 14.2 Å². The molecular formula is C13H16O4. The lowest BCUT2D eigenvalue weighted by molar-refractivity contribution is -0.142. The molecule has 1 heterocycles. The molecule has 0 bridgehead atoms. The minimum absolute atomic E-state index is 0.176. The lowest BCUT2D eigenvalue weighted by Crippen LogP contribution is -2.27. The van der Waals surface area contributed by atoms with Crippen LogP contribution in [0.4, 0.5) is 0 Å². The first kappa shape index (κ1) is 11.8. The van der Waals surface area contributed by atoms with Crippen molar-refractivity contribution in [1.82, 2.24) is 0 Å². The highest BCUT2D eigenvalue weighted by Crippen LogP contribution is 2.38. The molecule has 0 aromatic heterocycles. The van der Waals surface area contributed by atoms with Crippen molar-refractivity contribution in [2.24, 2.45) is 0 Å². The normalized spacial score (nSPS) is 23.4. The molecule has 1 aromatic rings. The van der Waals surface area contributed by atoms with Gasteiger partial charge in [-0.3, -0.25) is 4.79 Å². The van der Waals surface area contributed by atoms with Gasteiger partial charge in [0.15, 0.2) is 11.5 Å². The molecule has 4 nitrogen and oxygen atoms in total. The molecule has 0 saturated carbocycles. The summed E-state index contributed by atoms with van der Waals surface area (Å²) in [4.78, 5) is 11.8. The Morgan fingerprint density at radius 3 is 2.47 bits per heavy atom. The molecule has 0 unspecified atom stereocenters. The van der Waals surface area contributed by atoms with Crippen LogP contribution in [0.1, 0.15) is 18.9 Å². The summed E-state index contributed by atoms with van der Waals surface area (Å²) in [6.07, 6.45) is 0.696. The molecule has 92 valence electrons. The molecule has 0 amide bonds. The number of carbonyl (C=O) groups excluding carboxylic acids is 1. The van der Waals surface area contributed by atoms with Gasteiger partial charge in [0.05, 0.1) is 26.2 Å². The molecule has 0 N–H and O–H groups in total. The quantitative estimate of drug-likeness (QED) is 0.752. The lowest BCUT2D eigenvalue weighted by atomic mass is 9.81. The monoisotopic (exact) mass is 236 g/mol. The molecule has 1 aliphatic heterocycles. The Morgan fingerprint density at radius 1 is 1.24 bits per heavy atom. The van der Waals surface area contributed by atoms with Crippen molar-refractivity contribution in [3.8, 4) is 11.5 Å². The highest BCUT2D eigenvalue weighted by Gasteiger charge is 2.41. The van der Waals surface area contributed by atoms with Gasteiger partial charge in [-0.25, -0.2) is 0 Å². The van der Waals surface area contributed by atoms with E-state index in [2.05, 4.69) is 0 Å². The predicted molar refractivity (Wildman–Crippen MR) is 62.5 cm³/mol. The largest absolute Gasteiger partial charge is 0.493 e. The Hall–Kier alpha value is -1.71. The van der Waals surface area contributed by atoms with E-state index >= 15 is 0 Å². The molecule has 0 aliphatic carbocycles. The first-order chi connectivity index (χ1) is 8.11. The van der Waals surface area contributed by atoms with E-state index < -0.39 is 5.41 Å². The third kappa shape index (κ3) is 1.84. The summed E-state index contributed by atoms with van der Waals surface area (Å²) in [6, 6.07) is 5.53. The number of rotatable bonds is 3. The van der Waals surface area contributed by atoms with Crippen molar-refractivity contribution in [2.45, 2.75) is 18.8 Å². The van der Waals surface area contributed by atoms with Crippen molar-refractivity contribution < 1.29 is 19.0 Å². The summed E-state index contributed by atoms with van der Waals surface area (Å²) in [5.74, 6) is 1.11. The van der Waals surface area contributed by atoms with Gasteiger partial charge in [0, 0.05) is 6.42 Å². The Labute approximate surface area is 100 Å². The van der Waals surface area contributed by atoms with Gasteiger partial charge in [-0.2, -0.15) is 0 Å². The number of esters is 1. The van der Waals surface area contributed by atoms with E-state index in [0.29, 0.717) is 24.5 Å². The van der Waals surface area contributed by atoms with Crippen LogP contribution in [0.3, 0.4) is 0 Å². The molecule has 1 aliphatic rings. The zero-order valence-corrected chi connectivity index (χ0v) is 10.3. The average molecular weight is 236 g/mol. The highest BCUT2D eigenvalue weighted by molar-refractivity contribution is 5.84. The molecule has 1 atom stereocenters. The number of ether oxygens (including phenoxy) is 3. The van der Waals surface area contributed by atoms with E-state index in [1.54, 1.807) is 14.2 Å². The summed E-state index contributed by atoms with van der Waals surface area (Å²) in [7, 11) is 3.17. The molecule has 4 heteroatoms. The van der Waals surface area contributed by atoms with Gasteiger partial charge >= 0.3 is 5.97 Å². The summed E-state index contributed by atoms with van der Waals surface area (Å²) in [6.45, 7) is 2.37. The highest BCUT2D eigenvalue weighted by atomic mass is 16.5. The van der Waals surface area contributed by atoms with Gasteiger partial charge < -0.3 is 14.2 Å². The predicted octanol–water partition coefficient (Wildman–Crippen LogP) is 1.91. The van der Waals surface area contributed by atoms with Gasteiger partial charge in [-0.05, 0) is 24.6 Å². The Bertz CT molecular complexity index is 441. The fourth-order valence-corrected chi connectivity index (χ4v) is 2.05. The van der Waals surface area contributed by atoms with Gasteiger partial charge in [-0.15, -0.1) is 0 Å². The minimum atomic E-state index is -0.570. The second-order valence-electron chi connectivity index (χ2n) is 4.29. The first-order valence-corrected chi connectivity index (χ1v) is 5.51. The van der Waals surface area contributed by atoms with Crippen LogP contribution in [0.25, 0.3) is 0 Å². The van der Waals surface area contributed by atoms with Crippen molar-refractivity contribution in [3.63, 3.8) is 0 Å². The lowest BCUT2D eigenvalue weighted by Gasteiger charge is -2.20. The fourth-order valence-electron chi connectivity index (χ4n) is 2.05. The first-order valence-electron chi connectivity index (χ1n) is 5.51. The zero-order chi connectivity index (χ0) is 12.5. The van der Waals surface area contributed by atoms with Gasteiger partial charge in [-0.1, -0.05) is 6.07 Å². The second-order valence-corrected chi connectivity index (χ2v) is 4.29. The number of carbonyl (C=O) groups is 1. The van der Waals surface area contributed by atoms with E-state index in [-0.39, 0.29) is 5.97 Å². The molecular weight excluding hydrogens is 220 g/mol. The van der Waals surface area contributed by atoms with E-state index in [9.17, 15) is 4.79 Å². The molecule has 1 saturated heterocycles. The van der Waals surface area contributed by atoms with Crippen LogP contribution in [0, 0.1) is 0 Å². The standard InChI is InChI=1S/C13H16O4/c1-13(6-7-17-12(13)14)9-4-5-10(15-2)11(8-9)16-3/h4-5,8H,6-7H2,1-3H3/t13-/m0/s1. The topological polar surface area (TPSA) is 44.8 Å². The Balaban J connectivity index is 2.43. The zero-order valence-electron chi connectivity index (χ0n) is 10.3. The summed E-state index contributed by atoms with van der Waals surface area (Å²) >= 11 is 0. The van der Waals surface area contributed by atoms with Crippen LogP contribution in [0.15, 0.2) is 18.2 Å². The number of methoxy groups -OCH3 is 2. The van der Waals surface area contributed by atoms with Crippen LogP contribution < -0.4 is 9.47 Å². The van der Waals surface area contributed by atoms with Crippen LogP contribution in [-0.2, 0) is 14.9 Å². The van der Waals surface area contributed by atoms with Gasteiger partial charge in [0.1, 0.15) is 0 Å². The summed E-state index contributed by atoms with van der Waals surface area (Å²) in [5.41, 5.74) is 0.331. The van der Waals surface area contributed by atoms with Crippen LogP contribution in [-0.4, -0.2) is 26.8 Å². The smallest absolute Gasteiger partial charge is 0.316 e. The SMILES string of the molecule is COc1ccc([C@]2(C)CCOC2=O)cc1OC. The van der Waals surface area contributed by atoms with E-state index in [1.807, 2.05) is 25.1 Å². The van der Waals surface area contributed by atoms with Crippen LogP contribution in [0.2, 0.25) is 0 Å². The maximum absolute atomic E-state index is 11.8. The van der Waals surface area contributed by atoms with E-state index in [0.717, 1.165) is 5.56 Å². The number of hydrogen-bond donors (Lipinski definition) is 0. The number of hydrogen-bond acceptors (Lipinski definition) is 4. The third-order valence-electron chi connectivity index (χ3n) is 3.31. The summed E-state index contributed by atoms with van der Waals surface area (Å²) < 4.78 is 15.5. The minimum Gasteiger partial charge on any atom is -0.493 e. The molecule has 0 spiro atoms. The van der Waals surface area contributed by atoms with Crippen molar-refractivity contribution in [1.29, 1.82) is 0 Å². The molecule has 2 rings (SSSR count). The van der Waals surface area contributed by atoms with Crippen LogP contribution >= 0.6 is 0 Å². The summed E-state index contributed by atoms with van der Waals surface area (Å²) in [5, 5.41) is 0. The number of benzene rings is 1. The fraction of sp³-hybridized carbons (Fsp3) is 0.462. The average Bonchev–Trinajstić information content (AvgIpc) is 2.70. The van der Waals surface area contributed by atoms with Crippen LogP contribution in [0.5, 0.6) is 11.5 Å². The third-order valence-corrected chi connectivity index (χ3v) is 3.31. The molecule has 17 heavy (non-hydrogen) atoms. The second kappa shape index (κ2) is 4.28. The van der Waals surface area contributed by atoms with Gasteiger partial charge in [0.25, 0.3) is 0 Å².